The Morgan fingerprint density at radius 3 is 2.44 bits per heavy atom. The summed E-state index contributed by atoms with van der Waals surface area (Å²) in [6.45, 7) is 15.2. The zero-order chi connectivity index (χ0) is 25.2. The molecule has 0 saturated carbocycles. The van der Waals surface area contributed by atoms with Gasteiger partial charge in [-0.1, -0.05) is 32.4 Å². The first-order valence-electron chi connectivity index (χ1n) is 12.8. The molecule has 7 nitrogen and oxygen atoms in total. The van der Waals surface area contributed by atoms with Crippen LogP contribution in [0.5, 0.6) is 5.75 Å². The quantitative estimate of drug-likeness (QED) is 0.234. The molecule has 4 aromatic rings. The van der Waals surface area contributed by atoms with Crippen molar-refractivity contribution in [3.05, 3.63) is 58.7 Å². The number of aromatic amines is 1. The summed E-state index contributed by atoms with van der Waals surface area (Å²) in [6.07, 6.45) is 0. The largest absolute Gasteiger partial charge is 0.493 e. The molecule has 5 rings (SSSR count). The van der Waals surface area contributed by atoms with E-state index in [0.717, 1.165) is 72.3 Å². The third kappa shape index (κ3) is 7.74. The summed E-state index contributed by atoms with van der Waals surface area (Å²) in [6, 6.07) is 14.3. The highest BCUT2D eigenvalue weighted by Gasteiger charge is 2.18. The number of aryl methyl sites for hydroxylation is 1. The van der Waals surface area contributed by atoms with E-state index < -0.39 is 0 Å². The number of nitrogens with zero attached hydrogens (tertiary/aromatic N) is 5. The molecule has 0 aliphatic carbocycles. The molecule has 11 heteroatoms. The van der Waals surface area contributed by atoms with Gasteiger partial charge in [-0.3, -0.25) is 4.68 Å². The molecule has 214 valence electrons. The van der Waals surface area contributed by atoms with Crippen LogP contribution in [0, 0.1) is 12.8 Å². The summed E-state index contributed by atoms with van der Waals surface area (Å²) in [5.74, 6) is 2.07. The summed E-state index contributed by atoms with van der Waals surface area (Å²) in [7, 11) is 0. The van der Waals surface area contributed by atoms with E-state index >= 15 is 0 Å². The van der Waals surface area contributed by atoms with Crippen molar-refractivity contribution in [2.24, 2.45) is 5.92 Å². The van der Waals surface area contributed by atoms with Crippen molar-refractivity contribution in [2.75, 3.05) is 44.2 Å². The Balaban J connectivity index is 0.00000178. The fourth-order valence-electron chi connectivity index (χ4n) is 4.65. The predicted molar refractivity (Wildman–Crippen MR) is 169 cm³/mol. The monoisotopic (exact) mass is 614 g/mol. The average molecular weight is 616 g/mol. The summed E-state index contributed by atoms with van der Waals surface area (Å²) >= 11 is 6.31. The van der Waals surface area contributed by atoms with Crippen LogP contribution in [-0.4, -0.2) is 64.0 Å². The van der Waals surface area contributed by atoms with Crippen molar-refractivity contribution in [1.29, 1.82) is 0 Å². The first-order valence-corrected chi connectivity index (χ1v) is 13.2. The number of hydrogen-bond donors (Lipinski definition) is 1. The standard InChI is InChI=1S/C28H35ClN6O.3ClH/c1-5-33-10-12-34(13-11-33)23-7-8-24-25(16-23)31-28(30-24)26-14-20(4)35(32-26)17-21-15-22(29)6-9-27(21)36-18-19(2)3;;;/h6-9,14-16,19H,5,10-13,17-18H2,1-4H3,(H,30,31);3*1H. The number of hydrogen-bond acceptors (Lipinski definition) is 5. The Kier molecular flexibility index (Phi) is 12.3. The molecule has 1 saturated heterocycles. The number of piperazine rings is 1. The van der Waals surface area contributed by atoms with Gasteiger partial charge in [0.05, 0.1) is 24.2 Å². The van der Waals surface area contributed by atoms with Crippen LogP contribution in [0.15, 0.2) is 42.5 Å². The van der Waals surface area contributed by atoms with Crippen molar-refractivity contribution in [1.82, 2.24) is 24.6 Å². The second-order valence-corrected chi connectivity index (χ2v) is 10.4. The maximum Gasteiger partial charge on any atom is 0.159 e. The lowest BCUT2D eigenvalue weighted by molar-refractivity contribution is 0.268. The number of fused-ring (bicyclic) bond motifs is 1. The lowest BCUT2D eigenvalue weighted by Crippen LogP contribution is -2.46. The van der Waals surface area contributed by atoms with Crippen molar-refractivity contribution in [3.8, 4) is 17.3 Å². The lowest BCUT2D eigenvalue weighted by Gasteiger charge is -2.35. The van der Waals surface area contributed by atoms with E-state index in [9.17, 15) is 0 Å². The van der Waals surface area contributed by atoms with E-state index in [0.29, 0.717) is 24.1 Å². The molecule has 0 amide bonds. The molecular weight excluding hydrogens is 578 g/mol. The molecule has 0 radical (unpaired) electrons. The smallest absolute Gasteiger partial charge is 0.159 e. The Labute approximate surface area is 254 Å². The van der Waals surface area contributed by atoms with Crippen LogP contribution < -0.4 is 9.64 Å². The Morgan fingerprint density at radius 2 is 1.74 bits per heavy atom. The number of ether oxygens (including phenoxy) is 1. The minimum atomic E-state index is 0. The van der Waals surface area contributed by atoms with E-state index in [1.807, 2.05) is 22.9 Å². The van der Waals surface area contributed by atoms with Gasteiger partial charge in [-0.25, -0.2) is 4.98 Å². The lowest BCUT2D eigenvalue weighted by atomic mass is 10.2. The first-order chi connectivity index (χ1) is 17.4. The third-order valence-electron chi connectivity index (χ3n) is 6.79. The number of rotatable bonds is 8. The van der Waals surface area contributed by atoms with Crippen LogP contribution >= 0.6 is 48.8 Å². The molecule has 39 heavy (non-hydrogen) atoms. The molecule has 1 aliphatic heterocycles. The van der Waals surface area contributed by atoms with Crippen molar-refractivity contribution < 1.29 is 4.74 Å². The number of H-pyrrole nitrogens is 1. The van der Waals surface area contributed by atoms with Crippen LogP contribution in [0.2, 0.25) is 5.02 Å². The molecule has 0 atom stereocenters. The van der Waals surface area contributed by atoms with Gasteiger partial charge < -0.3 is 19.5 Å². The van der Waals surface area contributed by atoms with Gasteiger partial charge in [0, 0.05) is 48.1 Å². The Morgan fingerprint density at radius 1 is 1.00 bits per heavy atom. The highest BCUT2D eigenvalue weighted by atomic mass is 35.5. The molecule has 2 aromatic carbocycles. The number of nitrogens with one attached hydrogen (secondary N) is 1. The summed E-state index contributed by atoms with van der Waals surface area (Å²) in [5.41, 5.74) is 6.12. The first kappa shape index (κ1) is 33.0. The van der Waals surface area contributed by atoms with Crippen LogP contribution in [0.4, 0.5) is 5.69 Å². The van der Waals surface area contributed by atoms with Crippen molar-refractivity contribution >= 4 is 65.5 Å². The number of anilines is 1. The van der Waals surface area contributed by atoms with E-state index in [1.54, 1.807) is 0 Å². The summed E-state index contributed by atoms with van der Waals surface area (Å²) < 4.78 is 8.03. The van der Waals surface area contributed by atoms with Gasteiger partial charge in [0.15, 0.2) is 5.82 Å². The van der Waals surface area contributed by atoms with Gasteiger partial charge >= 0.3 is 0 Å². The molecule has 3 heterocycles. The molecule has 1 fully saturated rings. The number of likely N-dealkylation sites (N-methyl/N-ethyl adjacent to an activating group) is 1. The molecule has 0 bridgehead atoms. The zero-order valence-corrected chi connectivity index (χ0v) is 26.0. The fourth-order valence-corrected chi connectivity index (χ4v) is 4.85. The van der Waals surface area contributed by atoms with Crippen LogP contribution in [-0.2, 0) is 6.54 Å². The third-order valence-corrected chi connectivity index (χ3v) is 7.02. The van der Waals surface area contributed by atoms with E-state index in [1.165, 1.54) is 5.69 Å². The average Bonchev–Trinajstić information content (AvgIpc) is 3.46. The normalized spacial score (nSPS) is 13.6. The van der Waals surface area contributed by atoms with Crippen molar-refractivity contribution in [3.63, 3.8) is 0 Å². The summed E-state index contributed by atoms with van der Waals surface area (Å²) in [5, 5.41) is 5.57. The Hall–Kier alpha value is -2.16. The number of aromatic nitrogens is 4. The highest BCUT2D eigenvalue weighted by Crippen LogP contribution is 2.28. The minimum Gasteiger partial charge on any atom is -0.493 e. The van der Waals surface area contributed by atoms with Gasteiger partial charge in [0.25, 0.3) is 0 Å². The van der Waals surface area contributed by atoms with E-state index in [2.05, 4.69) is 66.7 Å². The van der Waals surface area contributed by atoms with Crippen LogP contribution in [0.1, 0.15) is 32.0 Å². The topological polar surface area (TPSA) is 62.2 Å². The molecule has 2 aromatic heterocycles. The SMILES string of the molecule is CCN1CCN(c2ccc3nc(-c4cc(C)n(Cc5cc(Cl)ccc5OCC(C)C)n4)[nH]c3c2)CC1.Cl.Cl.Cl. The Bertz CT molecular complexity index is 1350. The van der Waals surface area contributed by atoms with Crippen LogP contribution in [0.3, 0.4) is 0 Å². The molecule has 0 unspecified atom stereocenters. The highest BCUT2D eigenvalue weighted by molar-refractivity contribution is 6.30. The minimum absolute atomic E-state index is 0. The predicted octanol–water partition coefficient (Wildman–Crippen LogP) is 6.88. The fraction of sp³-hybridized carbons (Fsp3) is 0.429. The van der Waals surface area contributed by atoms with Crippen LogP contribution in [0.25, 0.3) is 22.6 Å². The maximum atomic E-state index is 6.31. The maximum absolute atomic E-state index is 6.31. The molecule has 0 spiro atoms. The van der Waals surface area contributed by atoms with E-state index in [4.69, 9.17) is 26.4 Å². The molecule has 1 N–H and O–H groups in total. The van der Waals surface area contributed by atoms with E-state index in [-0.39, 0.29) is 37.2 Å². The van der Waals surface area contributed by atoms with Gasteiger partial charge in [-0.05, 0) is 61.9 Å². The van der Waals surface area contributed by atoms with Gasteiger partial charge in [0.1, 0.15) is 11.4 Å². The second-order valence-electron chi connectivity index (χ2n) is 9.99. The van der Waals surface area contributed by atoms with Gasteiger partial charge in [-0.15, -0.1) is 37.2 Å². The number of halogens is 4. The molecule has 1 aliphatic rings. The number of imidazole rings is 1. The summed E-state index contributed by atoms with van der Waals surface area (Å²) in [4.78, 5) is 13.3. The zero-order valence-electron chi connectivity index (χ0n) is 22.8. The van der Waals surface area contributed by atoms with Gasteiger partial charge in [-0.2, -0.15) is 5.10 Å². The second kappa shape index (κ2) is 14.5. The van der Waals surface area contributed by atoms with Crippen molar-refractivity contribution in [2.45, 2.75) is 34.2 Å². The number of benzene rings is 2. The molecular formula is C28H38Cl4N6O. The van der Waals surface area contributed by atoms with Gasteiger partial charge in [0.2, 0.25) is 0 Å².